The number of carbonyl (C=O) groups is 1. The topological polar surface area (TPSA) is 33.2 Å². The molecule has 5 rings (SSSR count). The Morgan fingerprint density at radius 3 is 2.32 bits per heavy atom. The molecule has 0 N–H and O–H groups in total. The SMILES string of the molecule is Cc1ccc(C)c2sc(N(Cc3ccccc3)C(=O)c3ccc4ccccc4c3)nc12. The van der Waals surface area contributed by atoms with Crippen LogP contribution in [0.5, 0.6) is 0 Å². The summed E-state index contributed by atoms with van der Waals surface area (Å²) in [6.07, 6.45) is 0. The molecule has 0 fully saturated rings. The fraction of sp³-hybridized carbons (Fsp3) is 0.111. The average molecular weight is 423 g/mol. The van der Waals surface area contributed by atoms with Crippen LogP contribution in [0.15, 0.2) is 84.9 Å². The van der Waals surface area contributed by atoms with Gasteiger partial charge in [0.2, 0.25) is 0 Å². The van der Waals surface area contributed by atoms with Crippen molar-refractivity contribution in [1.29, 1.82) is 0 Å². The molecule has 0 saturated carbocycles. The van der Waals surface area contributed by atoms with E-state index >= 15 is 0 Å². The van der Waals surface area contributed by atoms with Crippen LogP contribution < -0.4 is 4.90 Å². The summed E-state index contributed by atoms with van der Waals surface area (Å²) in [6, 6.07) is 28.3. The number of aromatic nitrogens is 1. The van der Waals surface area contributed by atoms with E-state index in [0.29, 0.717) is 12.1 Å². The number of aryl methyl sites for hydroxylation is 2. The Balaban J connectivity index is 1.62. The van der Waals surface area contributed by atoms with Gasteiger partial charge in [-0.3, -0.25) is 9.69 Å². The molecule has 0 atom stereocenters. The van der Waals surface area contributed by atoms with Crippen molar-refractivity contribution in [3.8, 4) is 0 Å². The molecule has 0 saturated heterocycles. The fourth-order valence-electron chi connectivity index (χ4n) is 3.83. The Labute approximate surface area is 185 Å². The zero-order valence-corrected chi connectivity index (χ0v) is 18.3. The van der Waals surface area contributed by atoms with Crippen molar-refractivity contribution in [2.24, 2.45) is 0 Å². The van der Waals surface area contributed by atoms with E-state index in [0.717, 1.165) is 37.2 Å². The predicted octanol–water partition coefficient (Wildman–Crippen LogP) is 6.91. The lowest BCUT2D eigenvalue weighted by Gasteiger charge is -2.20. The van der Waals surface area contributed by atoms with Gasteiger partial charge in [0, 0.05) is 5.56 Å². The Kier molecular flexibility index (Phi) is 5.00. The summed E-state index contributed by atoms with van der Waals surface area (Å²) >= 11 is 1.59. The molecule has 0 unspecified atom stereocenters. The van der Waals surface area contributed by atoms with Gasteiger partial charge in [-0.25, -0.2) is 4.98 Å². The number of amides is 1. The van der Waals surface area contributed by atoms with Crippen molar-refractivity contribution in [2.45, 2.75) is 20.4 Å². The molecule has 3 nitrogen and oxygen atoms in total. The summed E-state index contributed by atoms with van der Waals surface area (Å²) in [5.74, 6) is -0.0380. The summed E-state index contributed by atoms with van der Waals surface area (Å²) in [6.45, 7) is 4.64. The van der Waals surface area contributed by atoms with Gasteiger partial charge in [-0.05, 0) is 53.4 Å². The number of hydrogen-bond acceptors (Lipinski definition) is 3. The molecule has 4 aromatic carbocycles. The number of nitrogens with zero attached hydrogens (tertiary/aromatic N) is 2. The molecule has 152 valence electrons. The summed E-state index contributed by atoms with van der Waals surface area (Å²) in [7, 11) is 0. The number of carbonyl (C=O) groups excluding carboxylic acids is 1. The first-order chi connectivity index (χ1) is 15.1. The van der Waals surface area contributed by atoms with E-state index in [4.69, 9.17) is 4.98 Å². The highest BCUT2D eigenvalue weighted by molar-refractivity contribution is 7.22. The zero-order chi connectivity index (χ0) is 21.4. The molecule has 0 radical (unpaired) electrons. The van der Waals surface area contributed by atoms with E-state index in [1.807, 2.05) is 71.6 Å². The second kappa shape index (κ2) is 7.97. The maximum absolute atomic E-state index is 13.7. The van der Waals surface area contributed by atoms with Gasteiger partial charge in [0.15, 0.2) is 5.13 Å². The highest BCUT2D eigenvalue weighted by atomic mass is 32.1. The Morgan fingerprint density at radius 1 is 0.839 bits per heavy atom. The molecule has 1 heterocycles. The molecular weight excluding hydrogens is 400 g/mol. The molecule has 4 heteroatoms. The predicted molar refractivity (Wildman–Crippen MR) is 130 cm³/mol. The van der Waals surface area contributed by atoms with Crippen LogP contribution >= 0.6 is 11.3 Å². The maximum atomic E-state index is 13.7. The molecule has 1 aromatic heterocycles. The quantitative estimate of drug-likeness (QED) is 0.315. The molecule has 0 aliphatic heterocycles. The van der Waals surface area contributed by atoms with E-state index in [1.54, 1.807) is 11.3 Å². The van der Waals surface area contributed by atoms with Crippen molar-refractivity contribution in [3.63, 3.8) is 0 Å². The number of anilines is 1. The number of benzene rings is 4. The number of thiazole rings is 1. The van der Waals surface area contributed by atoms with Crippen molar-refractivity contribution in [2.75, 3.05) is 4.90 Å². The number of fused-ring (bicyclic) bond motifs is 2. The third-order valence-electron chi connectivity index (χ3n) is 5.59. The van der Waals surface area contributed by atoms with Gasteiger partial charge in [-0.15, -0.1) is 0 Å². The van der Waals surface area contributed by atoms with Crippen LogP contribution in [0.4, 0.5) is 5.13 Å². The minimum absolute atomic E-state index is 0.0380. The lowest BCUT2D eigenvalue weighted by Crippen LogP contribution is -2.30. The molecule has 5 aromatic rings. The van der Waals surface area contributed by atoms with Crippen LogP contribution in [0.2, 0.25) is 0 Å². The monoisotopic (exact) mass is 422 g/mol. The molecule has 0 bridgehead atoms. The second-order valence-electron chi connectivity index (χ2n) is 7.81. The Morgan fingerprint density at radius 2 is 1.55 bits per heavy atom. The van der Waals surface area contributed by atoms with Gasteiger partial charge in [0.1, 0.15) is 0 Å². The largest absolute Gasteiger partial charge is 0.279 e. The average Bonchev–Trinajstić information content (AvgIpc) is 3.26. The highest BCUT2D eigenvalue weighted by Gasteiger charge is 2.23. The highest BCUT2D eigenvalue weighted by Crippen LogP contribution is 2.34. The number of hydrogen-bond donors (Lipinski definition) is 0. The van der Waals surface area contributed by atoms with Gasteiger partial charge < -0.3 is 0 Å². The summed E-state index contributed by atoms with van der Waals surface area (Å²) < 4.78 is 1.14. The van der Waals surface area contributed by atoms with Crippen LogP contribution in [-0.4, -0.2) is 10.9 Å². The third kappa shape index (κ3) is 3.71. The van der Waals surface area contributed by atoms with Crippen LogP contribution in [0.25, 0.3) is 21.0 Å². The number of rotatable bonds is 4. The van der Waals surface area contributed by atoms with Crippen molar-refractivity contribution >= 4 is 43.4 Å². The molecule has 31 heavy (non-hydrogen) atoms. The van der Waals surface area contributed by atoms with Crippen LogP contribution in [-0.2, 0) is 6.54 Å². The summed E-state index contributed by atoms with van der Waals surface area (Å²) in [4.78, 5) is 20.4. The van der Waals surface area contributed by atoms with Gasteiger partial charge in [0.05, 0.1) is 16.8 Å². The van der Waals surface area contributed by atoms with Crippen LogP contribution in [0, 0.1) is 13.8 Å². The second-order valence-corrected chi connectivity index (χ2v) is 8.79. The van der Waals surface area contributed by atoms with Crippen molar-refractivity contribution < 1.29 is 4.79 Å². The van der Waals surface area contributed by atoms with E-state index in [2.05, 4.69) is 32.0 Å². The first-order valence-corrected chi connectivity index (χ1v) is 11.1. The van der Waals surface area contributed by atoms with Crippen LogP contribution in [0.3, 0.4) is 0 Å². The molecule has 0 aliphatic rings. The first kappa shape index (κ1) is 19.5. The van der Waals surface area contributed by atoms with E-state index < -0.39 is 0 Å². The lowest BCUT2D eigenvalue weighted by molar-refractivity contribution is 0.0985. The van der Waals surface area contributed by atoms with E-state index in [1.165, 1.54) is 5.56 Å². The molecule has 1 amide bonds. The van der Waals surface area contributed by atoms with Crippen LogP contribution in [0.1, 0.15) is 27.0 Å². The summed E-state index contributed by atoms with van der Waals surface area (Å²) in [5, 5.41) is 2.92. The van der Waals surface area contributed by atoms with Gasteiger partial charge in [-0.1, -0.05) is 84.1 Å². The zero-order valence-electron chi connectivity index (χ0n) is 17.5. The first-order valence-electron chi connectivity index (χ1n) is 10.3. The van der Waals surface area contributed by atoms with Gasteiger partial charge >= 0.3 is 0 Å². The minimum Gasteiger partial charge on any atom is -0.279 e. The fourth-order valence-corrected chi connectivity index (χ4v) is 4.94. The minimum atomic E-state index is -0.0380. The Bertz CT molecular complexity index is 1370. The normalized spacial score (nSPS) is 11.2. The lowest BCUT2D eigenvalue weighted by atomic mass is 10.1. The standard InChI is InChI=1S/C27H22N2OS/c1-18-12-13-19(2)25-24(18)28-27(31-25)29(17-20-8-4-3-5-9-20)26(30)23-15-14-21-10-6-7-11-22(21)16-23/h3-16H,17H2,1-2H3. The third-order valence-corrected chi connectivity index (χ3v) is 6.80. The summed E-state index contributed by atoms with van der Waals surface area (Å²) in [5.41, 5.74) is 5.03. The molecule has 0 aliphatic carbocycles. The molecule has 0 spiro atoms. The van der Waals surface area contributed by atoms with Crippen molar-refractivity contribution in [3.05, 3.63) is 107 Å². The van der Waals surface area contributed by atoms with Gasteiger partial charge in [-0.2, -0.15) is 0 Å². The van der Waals surface area contributed by atoms with E-state index in [-0.39, 0.29) is 5.91 Å². The smallest absolute Gasteiger partial charge is 0.260 e. The van der Waals surface area contributed by atoms with E-state index in [9.17, 15) is 4.79 Å². The molecular formula is C27H22N2OS. The Hall–Kier alpha value is -3.50. The maximum Gasteiger partial charge on any atom is 0.260 e. The van der Waals surface area contributed by atoms with Crippen molar-refractivity contribution in [1.82, 2.24) is 4.98 Å². The van der Waals surface area contributed by atoms with Gasteiger partial charge in [0.25, 0.3) is 5.91 Å².